The van der Waals surface area contributed by atoms with Crippen molar-refractivity contribution >= 4 is 35.3 Å². The zero-order chi connectivity index (χ0) is 39.1. The summed E-state index contributed by atoms with van der Waals surface area (Å²) in [4.78, 5) is 62.9. The number of carboxylic acid groups (broad SMARTS) is 1. The minimum absolute atomic E-state index is 0.0769. The predicted molar refractivity (Wildman–Crippen MR) is 206 cm³/mol. The van der Waals surface area contributed by atoms with Crippen LogP contribution in [0.15, 0.2) is 66.0 Å². The summed E-state index contributed by atoms with van der Waals surface area (Å²) < 4.78 is 0. The molecule has 0 spiro atoms. The highest BCUT2D eigenvalue weighted by atomic mass is 32.1. The van der Waals surface area contributed by atoms with E-state index in [4.69, 9.17) is 0 Å². The zero-order valence-electron chi connectivity index (χ0n) is 32.2. The lowest BCUT2D eigenvalue weighted by Crippen LogP contribution is -2.59. The van der Waals surface area contributed by atoms with Crippen LogP contribution in [0.1, 0.15) is 69.8 Å². The summed E-state index contributed by atoms with van der Waals surface area (Å²) in [6.07, 6.45) is -1.64. The van der Waals surface area contributed by atoms with E-state index in [-0.39, 0.29) is 24.8 Å². The van der Waals surface area contributed by atoms with Crippen molar-refractivity contribution in [1.82, 2.24) is 30.3 Å². The lowest BCUT2D eigenvalue weighted by Gasteiger charge is -2.38. The standard InChI is InChI=1S/C40H56N6O6S/c1-26-41-30(25-53-26)24-45-19-20-46(37(45)50)34(40(5,6)7)36(49)42-29(21-27-15-11-9-12-16-27)23-32(47)31(22-28-17-13-10-14-18-28)43-35(48)33(39(2,3)4)44(8)38(51)52/h9-18,25,29,31-34,47H,19-24H2,1-8H3,(H,42,49)(H,43,48)(H,51,52)/t29-,31-,32-,33+,34+/m0/s1. The van der Waals surface area contributed by atoms with Crippen molar-refractivity contribution < 1.29 is 29.4 Å². The Morgan fingerprint density at radius 2 is 1.47 bits per heavy atom. The number of aryl methyl sites for hydroxylation is 1. The van der Waals surface area contributed by atoms with Crippen molar-refractivity contribution in [1.29, 1.82) is 0 Å². The van der Waals surface area contributed by atoms with E-state index in [1.54, 1.807) is 30.6 Å². The van der Waals surface area contributed by atoms with E-state index in [1.165, 1.54) is 18.4 Å². The van der Waals surface area contributed by atoms with Crippen molar-refractivity contribution in [2.24, 2.45) is 10.8 Å². The minimum atomic E-state index is -1.24. The molecule has 1 aliphatic heterocycles. The largest absolute Gasteiger partial charge is 0.465 e. The number of thiazole rings is 1. The van der Waals surface area contributed by atoms with Gasteiger partial charge in [0.25, 0.3) is 0 Å². The van der Waals surface area contributed by atoms with Crippen LogP contribution in [0.3, 0.4) is 0 Å². The van der Waals surface area contributed by atoms with Gasteiger partial charge in [-0.25, -0.2) is 14.6 Å². The molecule has 0 aliphatic carbocycles. The molecule has 0 saturated carbocycles. The fourth-order valence-electron chi connectivity index (χ4n) is 7.17. The SMILES string of the molecule is Cc1nc(CN2CCN([C@H](C(=O)N[C@@H](Cc3ccccc3)C[C@H](O)[C@H](Cc3ccccc3)NC(=O)[C@@H](N(C)C(=O)O)C(C)(C)C)C(C)(C)C)C2=O)cs1. The van der Waals surface area contributed by atoms with Gasteiger partial charge in [-0.15, -0.1) is 11.3 Å². The Labute approximate surface area is 317 Å². The molecule has 1 aliphatic rings. The molecule has 4 rings (SSSR count). The van der Waals surface area contributed by atoms with E-state index in [2.05, 4.69) is 15.6 Å². The number of urea groups is 1. The average molecular weight is 749 g/mol. The highest BCUT2D eigenvalue weighted by Gasteiger charge is 2.44. The first kappa shape index (κ1) is 41.3. The molecule has 1 saturated heterocycles. The van der Waals surface area contributed by atoms with Gasteiger partial charge in [-0.3, -0.25) is 14.5 Å². The fourth-order valence-corrected chi connectivity index (χ4v) is 7.77. The number of hydrogen-bond donors (Lipinski definition) is 4. The molecule has 1 fully saturated rings. The van der Waals surface area contributed by atoms with Crippen LogP contribution in [0, 0.1) is 17.8 Å². The Morgan fingerprint density at radius 1 is 0.887 bits per heavy atom. The third kappa shape index (κ3) is 11.3. The first-order valence-electron chi connectivity index (χ1n) is 18.1. The number of aliphatic hydroxyl groups excluding tert-OH is 1. The number of carbonyl (C=O) groups excluding carboxylic acids is 3. The Kier molecular flexibility index (Phi) is 13.7. The number of rotatable bonds is 15. The van der Waals surface area contributed by atoms with Gasteiger partial charge in [0.05, 0.1) is 29.4 Å². The van der Waals surface area contributed by atoms with Crippen LogP contribution in [-0.2, 0) is 29.0 Å². The van der Waals surface area contributed by atoms with Crippen molar-refractivity contribution in [2.75, 3.05) is 20.1 Å². The van der Waals surface area contributed by atoms with Crippen LogP contribution in [-0.4, -0.2) is 104 Å². The van der Waals surface area contributed by atoms with Gasteiger partial charge in [-0.2, -0.15) is 0 Å². The smallest absolute Gasteiger partial charge is 0.407 e. The third-order valence-electron chi connectivity index (χ3n) is 9.57. The van der Waals surface area contributed by atoms with Gasteiger partial charge in [0, 0.05) is 31.6 Å². The highest BCUT2D eigenvalue weighted by molar-refractivity contribution is 7.09. The maximum absolute atomic E-state index is 14.4. The quantitative estimate of drug-likeness (QED) is 0.164. The summed E-state index contributed by atoms with van der Waals surface area (Å²) in [6.45, 7) is 14.3. The van der Waals surface area contributed by atoms with Gasteiger partial charge in [0.1, 0.15) is 12.1 Å². The molecule has 4 N–H and O–H groups in total. The maximum atomic E-state index is 14.4. The summed E-state index contributed by atoms with van der Waals surface area (Å²) >= 11 is 1.53. The maximum Gasteiger partial charge on any atom is 0.407 e. The number of amides is 5. The van der Waals surface area contributed by atoms with E-state index in [1.807, 2.05) is 93.7 Å². The lowest BCUT2D eigenvalue weighted by atomic mass is 9.84. The molecule has 0 bridgehead atoms. The molecule has 2 heterocycles. The van der Waals surface area contributed by atoms with E-state index in [0.717, 1.165) is 26.7 Å². The van der Waals surface area contributed by atoms with Crippen LogP contribution < -0.4 is 10.6 Å². The average Bonchev–Trinajstić information content (AvgIpc) is 3.64. The van der Waals surface area contributed by atoms with Crippen molar-refractivity contribution in [3.63, 3.8) is 0 Å². The van der Waals surface area contributed by atoms with Gasteiger partial charge >= 0.3 is 12.1 Å². The number of aliphatic hydroxyl groups is 1. The normalized spacial score (nSPS) is 16.4. The molecule has 0 unspecified atom stereocenters. The second kappa shape index (κ2) is 17.6. The Balaban J connectivity index is 1.60. The molecule has 5 atom stereocenters. The van der Waals surface area contributed by atoms with E-state index in [9.17, 15) is 29.4 Å². The summed E-state index contributed by atoms with van der Waals surface area (Å²) in [5, 5.41) is 30.8. The zero-order valence-corrected chi connectivity index (χ0v) is 33.0. The Morgan fingerprint density at radius 3 is 1.98 bits per heavy atom. The highest BCUT2D eigenvalue weighted by Crippen LogP contribution is 2.30. The molecule has 1 aromatic heterocycles. The number of nitrogens with zero attached hydrogens (tertiary/aromatic N) is 4. The molecule has 0 radical (unpaired) electrons. The number of hydrogen-bond acceptors (Lipinski definition) is 7. The molecule has 2 aromatic carbocycles. The van der Waals surface area contributed by atoms with Crippen LogP contribution >= 0.6 is 11.3 Å². The Bertz CT molecular complexity index is 1690. The number of aromatic nitrogens is 1. The molecule has 5 amide bonds. The van der Waals surface area contributed by atoms with Gasteiger partial charge < -0.3 is 30.6 Å². The van der Waals surface area contributed by atoms with Gasteiger partial charge in [0.2, 0.25) is 11.8 Å². The summed E-state index contributed by atoms with van der Waals surface area (Å²) in [7, 11) is 1.36. The first-order valence-corrected chi connectivity index (χ1v) is 19.0. The molecule has 288 valence electrons. The number of nitrogens with one attached hydrogen (secondary N) is 2. The summed E-state index contributed by atoms with van der Waals surface area (Å²) in [5.74, 6) is -0.853. The molecule has 53 heavy (non-hydrogen) atoms. The van der Waals surface area contributed by atoms with E-state index in [0.29, 0.717) is 26.1 Å². The van der Waals surface area contributed by atoms with Crippen molar-refractivity contribution in [2.45, 2.75) is 105 Å². The summed E-state index contributed by atoms with van der Waals surface area (Å²) in [6, 6.07) is 15.6. The predicted octanol–water partition coefficient (Wildman–Crippen LogP) is 5.33. The fraction of sp³-hybridized carbons (Fsp3) is 0.525. The second-order valence-electron chi connectivity index (χ2n) is 16.2. The molecular weight excluding hydrogens is 693 g/mol. The van der Waals surface area contributed by atoms with Crippen LogP contribution in [0.4, 0.5) is 9.59 Å². The number of likely N-dealkylation sites (N-methyl/N-ethyl adjacent to an activating group) is 1. The first-order chi connectivity index (χ1) is 24.8. The minimum Gasteiger partial charge on any atom is -0.465 e. The number of benzene rings is 2. The summed E-state index contributed by atoms with van der Waals surface area (Å²) in [5.41, 5.74) is 1.27. The van der Waals surface area contributed by atoms with Crippen LogP contribution in [0.5, 0.6) is 0 Å². The molecule has 3 aromatic rings. The monoisotopic (exact) mass is 748 g/mol. The van der Waals surface area contributed by atoms with Gasteiger partial charge in [0.15, 0.2) is 0 Å². The lowest BCUT2D eigenvalue weighted by molar-refractivity contribution is -0.131. The second-order valence-corrected chi connectivity index (χ2v) is 17.3. The van der Waals surface area contributed by atoms with E-state index < -0.39 is 53.1 Å². The van der Waals surface area contributed by atoms with E-state index >= 15 is 0 Å². The van der Waals surface area contributed by atoms with Crippen molar-refractivity contribution in [3.8, 4) is 0 Å². The number of carbonyl (C=O) groups is 4. The van der Waals surface area contributed by atoms with Crippen LogP contribution in [0.25, 0.3) is 0 Å². The van der Waals surface area contributed by atoms with Crippen molar-refractivity contribution in [3.05, 3.63) is 87.9 Å². The van der Waals surface area contributed by atoms with Gasteiger partial charge in [-0.05, 0) is 48.1 Å². The molecule has 13 heteroatoms. The third-order valence-corrected chi connectivity index (χ3v) is 10.4. The molecule has 12 nitrogen and oxygen atoms in total. The topological polar surface area (TPSA) is 155 Å². The van der Waals surface area contributed by atoms with Gasteiger partial charge in [-0.1, -0.05) is 102 Å². The Hall–Kier alpha value is -4.49. The molecular formula is C40H56N6O6S. The van der Waals surface area contributed by atoms with Crippen LogP contribution in [0.2, 0.25) is 0 Å².